The summed E-state index contributed by atoms with van der Waals surface area (Å²) in [5, 5.41) is 6.49. The van der Waals surface area contributed by atoms with Gasteiger partial charge in [-0.15, -0.1) is 24.0 Å². The van der Waals surface area contributed by atoms with Crippen LogP contribution in [0.15, 0.2) is 52.4 Å². The van der Waals surface area contributed by atoms with Crippen LogP contribution in [0.4, 0.5) is 4.39 Å². The van der Waals surface area contributed by atoms with Gasteiger partial charge in [0.15, 0.2) is 15.8 Å². The molecule has 0 amide bonds. The van der Waals surface area contributed by atoms with Crippen LogP contribution in [0.2, 0.25) is 0 Å². The highest BCUT2D eigenvalue weighted by molar-refractivity contribution is 14.0. The summed E-state index contributed by atoms with van der Waals surface area (Å²) in [6, 6.07) is 11.9. The molecular weight excluding hydrogens is 504 g/mol. The molecule has 0 unspecified atom stereocenters. The number of guanidine groups is 1. The Balaban J connectivity index is 0.00000420. The summed E-state index contributed by atoms with van der Waals surface area (Å²) in [5.41, 5.74) is 2.30. The standard InChI is InChI=1S/C21H28FN3O2S.HI/c1-15-11-16(9-10-19(15)28(5,26)27)13-24-20(23-4)25-14-21(2,3)17-7-6-8-18(22)12-17;/h6-12H,13-14H2,1-5H3,(H2,23,24,25);1H. The van der Waals surface area contributed by atoms with Crippen molar-refractivity contribution in [3.63, 3.8) is 0 Å². The number of halogens is 2. The van der Waals surface area contributed by atoms with Crippen molar-refractivity contribution in [1.82, 2.24) is 10.6 Å². The second-order valence-electron chi connectivity index (χ2n) is 7.55. The van der Waals surface area contributed by atoms with Crippen LogP contribution in [0.1, 0.15) is 30.5 Å². The summed E-state index contributed by atoms with van der Waals surface area (Å²) in [6.45, 7) is 6.94. The zero-order valence-corrected chi connectivity index (χ0v) is 20.6. The molecule has 2 N–H and O–H groups in total. The molecule has 160 valence electrons. The Bertz CT molecular complexity index is 976. The first kappa shape index (κ1) is 25.4. The van der Waals surface area contributed by atoms with Gasteiger partial charge in [-0.25, -0.2) is 12.8 Å². The Kier molecular flexibility index (Phi) is 9.08. The second kappa shape index (κ2) is 10.4. The smallest absolute Gasteiger partial charge is 0.191 e. The molecule has 0 aliphatic carbocycles. The Hall–Kier alpha value is -1.68. The highest BCUT2D eigenvalue weighted by Crippen LogP contribution is 2.22. The van der Waals surface area contributed by atoms with Crippen molar-refractivity contribution in [3.8, 4) is 0 Å². The third-order valence-electron chi connectivity index (χ3n) is 4.63. The van der Waals surface area contributed by atoms with E-state index in [0.29, 0.717) is 23.9 Å². The van der Waals surface area contributed by atoms with Gasteiger partial charge in [-0.1, -0.05) is 38.1 Å². The lowest BCUT2D eigenvalue weighted by molar-refractivity contribution is 0.503. The number of rotatable bonds is 6. The largest absolute Gasteiger partial charge is 0.356 e. The predicted molar refractivity (Wildman–Crippen MR) is 127 cm³/mol. The minimum Gasteiger partial charge on any atom is -0.356 e. The third-order valence-corrected chi connectivity index (χ3v) is 5.88. The van der Waals surface area contributed by atoms with Gasteiger partial charge >= 0.3 is 0 Å². The molecule has 0 radical (unpaired) electrons. The number of benzene rings is 2. The van der Waals surface area contributed by atoms with Crippen molar-refractivity contribution in [2.45, 2.75) is 37.6 Å². The monoisotopic (exact) mass is 533 g/mol. The van der Waals surface area contributed by atoms with E-state index in [-0.39, 0.29) is 35.2 Å². The molecule has 0 fully saturated rings. The summed E-state index contributed by atoms with van der Waals surface area (Å²) in [5.74, 6) is 0.371. The lowest BCUT2D eigenvalue weighted by Gasteiger charge is -2.27. The predicted octanol–water partition coefficient (Wildman–Crippen LogP) is 3.80. The van der Waals surface area contributed by atoms with E-state index >= 15 is 0 Å². The zero-order valence-electron chi connectivity index (χ0n) is 17.4. The van der Waals surface area contributed by atoms with Gasteiger partial charge < -0.3 is 10.6 Å². The SMILES string of the molecule is CN=C(NCc1ccc(S(C)(=O)=O)c(C)c1)NCC(C)(C)c1cccc(F)c1.I. The van der Waals surface area contributed by atoms with Crippen LogP contribution in [0, 0.1) is 12.7 Å². The lowest BCUT2D eigenvalue weighted by Crippen LogP contribution is -2.43. The van der Waals surface area contributed by atoms with Gasteiger partial charge in [0, 0.05) is 31.8 Å². The van der Waals surface area contributed by atoms with Gasteiger partial charge in [0.2, 0.25) is 0 Å². The summed E-state index contributed by atoms with van der Waals surface area (Å²) in [7, 11) is -1.54. The lowest BCUT2D eigenvalue weighted by atomic mass is 9.84. The van der Waals surface area contributed by atoms with Gasteiger partial charge in [-0.05, 0) is 41.8 Å². The van der Waals surface area contributed by atoms with Crippen molar-refractivity contribution in [2.24, 2.45) is 4.99 Å². The molecule has 0 aliphatic rings. The number of nitrogens with one attached hydrogen (secondary N) is 2. The Morgan fingerprint density at radius 3 is 2.38 bits per heavy atom. The minimum absolute atomic E-state index is 0. The molecule has 0 atom stereocenters. The first-order chi connectivity index (χ1) is 13.0. The van der Waals surface area contributed by atoms with Crippen molar-refractivity contribution in [3.05, 3.63) is 65.0 Å². The number of hydrogen-bond donors (Lipinski definition) is 2. The maximum Gasteiger partial charge on any atom is 0.191 e. The molecule has 29 heavy (non-hydrogen) atoms. The Morgan fingerprint density at radius 1 is 1.14 bits per heavy atom. The number of aryl methyl sites for hydroxylation is 1. The summed E-state index contributed by atoms with van der Waals surface area (Å²) in [4.78, 5) is 4.56. The minimum atomic E-state index is -3.22. The maximum atomic E-state index is 13.5. The first-order valence-corrected chi connectivity index (χ1v) is 10.9. The van der Waals surface area contributed by atoms with Crippen LogP contribution in [0.25, 0.3) is 0 Å². The molecular formula is C21H29FIN3O2S. The van der Waals surface area contributed by atoms with Gasteiger partial charge in [0.1, 0.15) is 5.82 Å². The molecule has 0 spiro atoms. The van der Waals surface area contributed by atoms with Crippen LogP contribution in [0.5, 0.6) is 0 Å². The highest BCUT2D eigenvalue weighted by atomic mass is 127. The van der Waals surface area contributed by atoms with E-state index < -0.39 is 9.84 Å². The highest BCUT2D eigenvalue weighted by Gasteiger charge is 2.21. The van der Waals surface area contributed by atoms with E-state index in [1.165, 1.54) is 12.3 Å². The van der Waals surface area contributed by atoms with Gasteiger partial charge in [0.05, 0.1) is 4.90 Å². The van der Waals surface area contributed by atoms with Crippen LogP contribution >= 0.6 is 24.0 Å². The average molecular weight is 533 g/mol. The van der Waals surface area contributed by atoms with Crippen molar-refractivity contribution in [2.75, 3.05) is 19.8 Å². The normalized spacial score (nSPS) is 12.3. The van der Waals surface area contributed by atoms with Crippen molar-refractivity contribution in [1.29, 1.82) is 0 Å². The second-order valence-corrected chi connectivity index (χ2v) is 9.53. The fraction of sp³-hybridized carbons (Fsp3) is 0.381. The number of sulfone groups is 1. The molecule has 0 bridgehead atoms. The third kappa shape index (κ3) is 7.26. The maximum absolute atomic E-state index is 13.5. The fourth-order valence-electron chi connectivity index (χ4n) is 2.96. The van der Waals surface area contributed by atoms with E-state index in [2.05, 4.69) is 15.6 Å². The zero-order chi connectivity index (χ0) is 20.9. The van der Waals surface area contributed by atoms with Crippen LogP contribution in [-0.2, 0) is 21.8 Å². The number of aliphatic imine (C=N–C) groups is 1. The summed E-state index contributed by atoms with van der Waals surface area (Å²) in [6.07, 6.45) is 1.21. The van der Waals surface area contributed by atoms with Crippen LogP contribution < -0.4 is 10.6 Å². The van der Waals surface area contributed by atoms with Gasteiger partial charge in [-0.3, -0.25) is 4.99 Å². The van der Waals surface area contributed by atoms with E-state index in [1.807, 2.05) is 26.0 Å². The first-order valence-electron chi connectivity index (χ1n) is 9.03. The van der Waals surface area contributed by atoms with Crippen molar-refractivity contribution >= 4 is 39.8 Å². The fourth-order valence-corrected chi connectivity index (χ4v) is 3.92. The molecule has 0 aromatic heterocycles. The molecule has 0 saturated carbocycles. The van der Waals surface area contributed by atoms with E-state index in [0.717, 1.165) is 16.7 Å². The quantitative estimate of drug-likeness (QED) is 0.337. The molecule has 0 aliphatic heterocycles. The molecule has 5 nitrogen and oxygen atoms in total. The average Bonchev–Trinajstić information content (AvgIpc) is 2.61. The van der Waals surface area contributed by atoms with Crippen LogP contribution in [0.3, 0.4) is 0 Å². The number of nitrogens with zero attached hydrogens (tertiary/aromatic N) is 1. The molecule has 2 rings (SSSR count). The summed E-state index contributed by atoms with van der Waals surface area (Å²) < 4.78 is 37.0. The molecule has 0 saturated heterocycles. The van der Waals surface area contributed by atoms with Crippen molar-refractivity contribution < 1.29 is 12.8 Å². The Morgan fingerprint density at radius 2 is 1.83 bits per heavy atom. The van der Waals surface area contributed by atoms with E-state index in [4.69, 9.17) is 0 Å². The topological polar surface area (TPSA) is 70.6 Å². The van der Waals surface area contributed by atoms with E-state index in [1.54, 1.807) is 38.2 Å². The summed E-state index contributed by atoms with van der Waals surface area (Å²) >= 11 is 0. The molecule has 0 heterocycles. The van der Waals surface area contributed by atoms with E-state index in [9.17, 15) is 12.8 Å². The molecule has 2 aromatic rings. The van der Waals surface area contributed by atoms with Gasteiger partial charge in [0.25, 0.3) is 0 Å². The molecule has 2 aromatic carbocycles. The van der Waals surface area contributed by atoms with Crippen LogP contribution in [-0.4, -0.2) is 34.2 Å². The number of hydrogen-bond acceptors (Lipinski definition) is 3. The van der Waals surface area contributed by atoms with Gasteiger partial charge in [-0.2, -0.15) is 0 Å². The molecule has 8 heteroatoms. The Labute approximate surface area is 190 Å².